The number of benzene rings is 1. The Bertz CT molecular complexity index is 417. The SMILES string of the molecule is CNC(=O)NC(=O)CNc1cc(Cl)cc(Cl)c1. The number of halogens is 2. The Morgan fingerprint density at radius 2 is 1.76 bits per heavy atom. The molecule has 0 spiro atoms. The van der Waals surface area contributed by atoms with Crippen LogP contribution in [0.1, 0.15) is 0 Å². The second kappa shape index (κ2) is 6.32. The third-order valence-electron chi connectivity index (χ3n) is 1.80. The van der Waals surface area contributed by atoms with Crippen molar-refractivity contribution in [1.82, 2.24) is 10.6 Å². The lowest BCUT2D eigenvalue weighted by Gasteiger charge is -2.07. The highest BCUT2D eigenvalue weighted by atomic mass is 35.5. The maximum absolute atomic E-state index is 11.3. The van der Waals surface area contributed by atoms with Crippen molar-refractivity contribution >= 4 is 40.8 Å². The summed E-state index contributed by atoms with van der Waals surface area (Å²) in [5, 5.41) is 8.11. The highest BCUT2D eigenvalue weighted by Crippen LogP contribution is 2.22. The molecule has 1 aromatic carbocycles. The molecule has 0 atom stereocenters. The molecule has 0 fully saturated rings. The fraction of sp³-hybridized carbons (Fsp3) is 0.200. The van der Waals surface area contributed by atoms with Gasteiger partial charge in [-0.15, -0.1) is 0 Å². The number of hydrogen-bond acceptors (Lipinski definition) is 3. The first-order chi connectivity index (χ1) is 8.01. The zero-order valence-corrected chi connectivity index (χ0v) is 10.5. The smallest absolute Gasteiger partial charge is 0.321 e. The number of carbonyl (C=O) groups excluding carboxylic acids is 2. The normalized spacial score (nSPS) is 9.59. The van der Waals surface area contributed by atoms with Gasteiger partial charge in [-0.05, 0) is 18.2 Å². The molecule has 0 unspecified atom stereocenters. The quantitative estimate of drug-likeness (QED) is 0.789. The largest absolute Gasteiger partial charge is 0.376 e. The number of nitrogens with one attached hydrogen (secondary N) is 3. The maximum atomic E-state index is 11.3. The van der Waals surface area contributed by atoms with E-state index in [2.05, 4.69) is 16.0 Å². The van der Waals surface area contributed by atoms with Crippen LogP contribution in [0.4, 0.5) is 10.5 Å². The van der Waals surface area contributed by atoms with Crippen molar-refractivity contribution in [2.45, 2.75) is 0 Å². The van der Waals surface area contributed by atoms with Crippen molar-refractivity contribution in [3.8, 4) is 0 Å². The molecule has 1 rings (SSSR count). The third-order valence-corrected chi connectivity index (χ3v) is 2.23. The average Bonchev–Trinajstić information content (AvgIpc) is 2.25. The van der Waals surface area contributed by atoms with E-state index in [1.165, 1.54) is 7.05 Å². The van der Waals surface area contributed by atoms with Crippen LogP contribution in [0.3, 0.4) is 0 Å². The number of imide groups is 1. The zero-order chi connectivity index (χ0) is 12.8. The molecule has 7 heteroatoms. The Hall–Kier alpha value is -1.46. The van der Waals surface area contributed by atoms with Gasteiger partial charge < -0.3 is 10.6 Å². The maximum Gasteiger partial charge on any atom is 0.321 e. The van der Waals surface area contributed by atoms with Gasteiger partial charge in [0.25, 0.3) is 0 Å². The van der Waals surface area contributed by atoms with Gasteiger partial charge in [0.05, 0.1) is 6.54 Å². The Morgan fingerprint density at radius 3 is 2.29 bits per heavy atom. The van der Waals surface area contributed by atoms with Gasteiger partial charge in [0, 0.05) is 22.8 Å². The van der Waals surface area contributed by atoms with Gasteiger partial charge in [0.2, 0.25) is 5.91 Å². The Balaban J connectivity index is 2.50. The summed E-state index contributed by atoms with van der Waals surface area (Å²) in [5.74, 6) is -0.458. The number of urea groups is 1. The fourth-order valence-corrected chi connectivity index (χ4v) is 1.60. The Labute approximate surface area is 108 Å². The Morgan fingerprint density at radius 1 is 1.18 bits per heavy atom. The summed E-state index contributed by atoms with van der Waals surface area (Å²) in [6.45, 7) is -0.0515. The first kappa shape index (κ1) is 13.6. The van der Waals surface area contributed by atoms with Crippen LogP contribution >= 0.6 is 23.2 Å². The topological polar surface area (TPSA) is 70.2 Å². The van der Waals surface area contributed by atoms with E-state index in [0.29, 0.717) is 15.7 Å². The predicted octanol–water partition coefficient (Wildman–Crippen LogP) is 1.86. The van der Waals surface area contributed by atoms with Crippen molar-refractivity contribution < 1.29 is 9.59 Å². The van der Waals surface area contributed by atoms with E-state index in [0.717, 1.165) is 0 Å². The van der Waals surface area contributed by atoms with Gasteiger partial charge in [0.15, 0.2) is 0 Å². The molecular weight excluding hydrogens is 265 g/mol. The molecule has 0 aliphatic heterocycles. The van der Waals surface area contributed by atoms with Crippen LogP contribution in [-0.4, -0.2) is 25.5 Å². The lowest BCUT2D eigenvalue weighted by atomic mass is 10.3. The van der Waals surface area contributed by atoms with Crippen molar-refractivity contribution in [2.75, 3.05) is 18.9 Å². The monoisotopic (exact) mass is 275 g/mol. The first-order valence-corrected chi connectivity index (χ1v) is 5.48. The fourth-order valence-electron chi connectivity index (χ4n) is 1.07. The van der Waals surface area contributed by atoms with Gasteiger partial charge in [-0.3, -0.25) is 10.1 Å². The summed E-state index contributed by atoms with van der Waals surface area (Å²) in [6.07, 6.45) is 0. The van der Waals surface area contributed by atoms with Gasteiger partial charge in [0.1, 0.15) is 0 Å². The number of rotatable bonds is 3. The number of amides is 3. The molecule has 0 bridgehead atoms. The average molecular weight is 276 g/mol. The standard InChI is InChI=1S/C10H11Cl2N3O2/c1-13-10(17)15-9(16)5-14-8-3-6(11)2-7(12)4-8/h2-4,14H,5H2,1H3,(H2,13,15,16,17). The highest BCUT2D eigenvalue weighted by Gasteiger charge is 2.05. The van der Waals surface area contributed by atoms with Crippen LogP contribution < -0.4 is 16.0 Å². The van der Waals surface area contributed by atoms with Crippen molar-refractivity contribution in [1.29, 1.82) is 0 Å². The summed E-state index contributed by atoms with van der Waals surface area (Å²) in [6, 6.07) is 4.28. The van der Waals surface area contributed by atoms with E-state index < -0.39 is 11.9 Å². The molecule has 3 N–H and O–H groups in total. The Kier molecular flexibility index (Phi) is 5.06. The van der Waals surface area contributed by atoms with E-state index in [1.807, 2.05) is 0 Å². The molecule has 17 heavy (non-hydrogen) atoms. The summed E-state index contributed by atoms with van der Waals surface area (Å²) in [4.78, 5) is 22.1. The third kappa shape index (κ3) is 4.93. The number of anilines is 1. The van der Waals surface area contributed by atoms with E-state index in [4.69, 9.17) is 23.2 Å². The minimum absolute atomic E-state index is 0.0515. The van der Waals surface area contributed by atoms with Crippen LogP contribution in [0.25, 0.3) is 0 Å². The van der Waals surface area contributed by atoms with E-state index in [9.17, 15) is 9.59 Å². The summed E-state index contributed by atoms with van der Waals surface area (Å²) in [5.41, 5.74) is 0.606. The highest BCUT2D eigenvalue weighted by molar-refractivity contribution is 6.35. The van der Waals surface area contributed by atoms with Crippen LogP contribution in [0.2, 0.25) is 10.0 Å². The van der Waals surface area contributed by atoms with E-state index in [1.54, 1.807) is 18.2 Å². The molecule has 0 aliphatic rings. The van der Waals surface area contributed by atoms with Crippen LogP contribution in [-0.2, 0) is 4.79 Å². The van der Waals surface area contributed by atoms with Crippen molar-refractivity contribution in [2.24, 2.45) is 0 Å². The summed E-state index contributed by atoms with van der Waals surface area (Å²) in [7, 11) is 1.42. The minimum Gasteiger partial charge on any atom is -0.376 e. The number of hydrogen-bond donors (Lipinski definition) is 3. The van der Waals surface area contributed by atoms with Crippen LogP contribution in [0, 0.1) is 0 Å². The molecule has 0 heterocycles. The van der Waals surface area contributed by atoms with Gasteiger partial charge >= 0.3 is 6.03 Å². The first-order valence-electron chi connectivity index (χ1n) is 4.73. The van der Waals surface area contributed by atoms with Crippen LogP contribution in [0.15, 0.2) is 18.2 Å². The zero-order valence-electron chi connectivity index (χ0n) is 9.01. The van der Waals surface area contributed by atoms with Gasteiger partial charge in [-0.1, -0.05) is 23.2 Å². The van der Waals surface area contributed by atoms with Gasteiger partial charge in [-0.2, -0.15) is 0 Å². The molecule has 3 amide bonds. The van der Waals surface area contributed by atoms with E-state index >= 15 is 0 Å². The molecule has 0 radical (unpaired) electrons. The predicted molar refractivity (Wildman–Crippen MR) is 67.6 cm³/mol. The second-order valence-electron chi connectivity index (χ2n) is 3.14. The minimum atomic E-state index is -0.555. The van der Waals surface area contributed by atoms with Gasteiger partial charge in [-0.25, -0.2) is 4.79 Å². The van der Waals surface area contributed by atoms with Crippen molar-refractivity contribution in [3.05, 3.63) is 28.2 Å². The molecular formula is C10H11Cl2N3O2. The lowest BCUT2D eigenvalue weighted by Crippen LogP contribution is -2.40. The molecule has 0 saturated heterocycles. The van der Waals surface area contributed by atoms with Crippen molar-refractivity contribution in [3.63, 3.8) is 0 Å². The lowest BCUT2D eigenvalue weighted by molar-refractivity contribution is -0.118. The summed E-state index contributed by atoms with van der Waals surface area (Å²) >= 11 is 11.6. The molecule has 0 aliphatic carbocycles. The second-order valence-corrected chi connectivity index (χ2v) is 4.01. The molecule has 0 aromatic heterocycles. The molecule has 92 valence electrons. The molecule has 1 aromatic rings. The van der Waals surface area contributed by atoms with E-state index in [-0.39, 0.29) is 6.54 Å². The number of carbonyl (C=O) groups is 2. The van der Waals surface area contributed by atoms with Crippen LogP contribution in [0.5, 0.6) is 0 Å². The molecule has 5 nitrogen and oxygen atoms in total. The summed E-state index contributed by atoms with van der Waals surface area (Å²) < 4.78 is 0. The molecule has 0 saturated carbocycles.